The van der Waals surface area contributed by atoms with E-state index in [1.54, 1.807) is 11.9 Å². The number of rotatable bonds is 4. The Labute approximate surface area is 189 Å². The van der Waals surface area contributed by atoms with E-state index in [-0.39, 0.29) is 17.7 Å². The number of thiazole rings is 1. The zero-order chi connectivity index (χ0) is 22.1. The van der Waals surface area contributed by atoms with Crippen LogP contribution in [0, 0.1) is 0 Å². The Balaban J connectivity index is 1.22. The molecule has 1 N–H and O–H groups in total. The maximum atomic E-state index is 12.9. The first kappa shape index (κ1) is 20.4. The van der Waals surface area contributed by atoms with Crippen LogP contribution in [0.25, 0.3) is 10.2 Å². The third-order valence-electron chi connectivity index (χ3n) is 5.96. The van der Waals surface area contributed by atoms with Crippen molar-refractivity contribution in [1.82, 2.24) is 20.1 Å². The highest BCUT2D eigenvalue weighted by molar-refractivity contribution is 7.20. The summed E-state index contributed by atoms with van der Waals surface area (Å²) in [6, 6.07) is 19.2. The van der Waals surface area contributed by atoms with Gasteiger partial charge in [0.05, 0.1) is 10.2 Å². The molecule has 0 aliphatic carbocycles. The van der Waals surface area contributed by atoms with Crippen LogP contribution in [-0.2, 0) is 0 Å². The third-order valence-corrected chi connectivity index (χ3v) is 6.99. The van der Waals surface area contributed by atoms with Crippen LogP contribution in [0.15, 0.2) is 60.7 Å². The number of likely N-dealkylation sites (tertiary alicyclic amines) is 1. The van der Waals surface area contributed by atoms with E-state index in [0.29, 0.717) is 23.8 Å². The molecule has 162 valence electrons. The zero-order valence-electron chi connectivity index (χ0n) is 17.7. The van der Waals surface area contributed by atoms with Crippen LogP contribution in [0.4, 0.5) is 5.69 Å². The van der Waals surface area contributed by atoms with Gasteiger partial charge in [-0.3, -0.25) is 14.7 Å². The van der Waals surface area contributed by atoms with Crippen molar-refractivity contribution in [2.24, 2.45) is 0 Å². The second-order valence-corrected chi connectivity index (χ2v) is 8.99. The van der Waals surface area contributed by atoms with Gasteiger partial charge in [0, 0.05) is 37.4 Å². The number of hydrogen-bond acceptors (Lipinski definition) is 5. The lowest BCUT2D eigenvalue weighted by atomic mass is 9.93. The molecule has 2 amide bonds. The molecule has 1 fully saturated rings. The highest BCUT2D eigenvalue weighted by Gasteiger charge is 2.28. The van der Waals surface area contributed by atoms with E-state index in [9.17, 15) is 9.59 Å². The quantitative estimate of drug-likeness (QED) is 0.507. The summed E-state index contributed by atoms with van der Waals surface area (Å²) >= 11 is 1.44. The molecule has 1 saturated heterocycles. The van der Waals surface area contributed by atoms with Gasteiger partial charge in [-0.15, -0.1) is 11.3 Å². The second kappa shape index (κ2) is 8.55. The van der Waals surface area contributed by atoms with Crippen LogP contribution in [0.2, 0.25) is 0 Å². The topological polar surface area (TPSA) is 82.2 Å². The summed E-state index contributed by atoms with van der Waals surface area (Å²) in [5.74, 6) is 0.0854. The molecule has 2 aromatic heterocycles. The van der Waals surface area contributed by atoms with Gasteiger partial charge in [0.15, 0.2) is 10.7 Å². The number of carbonyl (C=O) groups excluding carboxylic acids is 2. The number of hydrogen-bond donors (Lipinski definition) is 1. The van der Waals surface area contributed by atoms with Crippen molar-refractivity contribution in [3.63, 3.8) is 0 Å². The van der Waals surface area contributed by atoms with Crippen LogP contribution in [0.5, 0.6) is 0 Å². The van der Waals surface area contributed by atoms with Crippen LogP contribution in [0.1, 0.15) is 44.7 Å². The fourth-order valence-corrected chi connectivity index (χ4v) is 5.02. The lowest BCUT2D eigenvalue weighted by Crippen LogP contribution is -2.37. The molecule has 2 aromatic carbocycles. The molecule has 0 unspecified atom stereocenters. The molecular weight excluding hydrogens is 422 g/mol. The van der Waals surface area contributed by atoms with E-state index in [0.717, 1.165) is 34.4 Å². The first-order chi connectivity index (χ1) is 15.6. The Morgan fingerprint density at radius 1 is 1.06 bits per heavy atom. The Morgan fingerprint density at radius 2 is 1.78 bits per heavy atom. The molecule has 7 nitrogen and oxygen atoms in total. The van der Waals surface area contributed by atoms with Gasteiger partial charge in [-0.05, 0) is 43.2 Å². The molecule has 1 aliphatic rings. The zero-order valence-corrected chi connectivity index (χ0v) is 18.5. The summed E-state index contributed by atoms with van der Waals surface area (Å²) in [6.07, 6.45) is 1.64. The number of nitrogens with one attached hydrogen (secondary N) is 1. The molecule has 32 heavy (non-hydrogen) atoms. The van der Waals surface area contributed by atoms with Gasteiger partial charge in [0.2, 0.25) is 0 Å². The predicted octanol–water partition coefficient (Wildman–Crippen LogP) is 4.32. The Bertz CT molecular complexity index is 1220. The van der Waals surface area contributed by atoms with E-state index >= 15 is 0 Å². The molecule has 0 atom stereocenters. The van der Waals surface area contributed by atoms with E-state index < -0.39 is 0 Å². The van der Waals surface area contributed by atoms with E-state index in [1.807, 2.05) is 65.6 Å². The molecule has 0 spiro atoms. The Morgan fingerprint density at radius 3 is 2.53 bits per heavy atom. The standard InChI is InChI=1S/C24H23N5O2S/c1-28(17-7-3-2-4-8-17)23(30)20-15-19(26-27-20)16-11-13-29(14-12-16)24(31)22-25-18-9-5-6-10-21(18)32-22/h2-10,15-16H,11-14H2,1H3,(H,26,27). The Hall–Kier alpha value is -3.52. The summed E-state index contributed by atoms with van der Waals surface area (Å²) in [5, 5.41) is 7.85. The van der Waals surface area contributed by atoms with Gasteiger partial charge in [-0.1, -0.05) is 30.3 Å². The van der Waals surface area contributed by atoms with E-state index in [2.05, 4.69) is 15.2 Å². The number of fused-ring (bicyclic) bond motifs is 1. The number of aromatic amines is 1. The average molecular weight is 446 g/mol. The molecule has 8 heteroatoms. The van der Waals surface area contributed by atoms with Crippen molar-refractivity contribution < 1.29 is 9.59 Å². The summed E-state index contributed by atoms with van der Waals surface area (Å²) in [7, 11) is 1.75. The van der Waals surface area contributed by atoms with Gasteiger partial charge >= 0.3 is 0 Å². The van der Waals surface area contributed by atoms with Crippen LogP contribution < -0.4 is 4.90 Å². The first-order valence-corrected chi connectivity index (χ1v) is 11.4. The molecule has 0 bridgehead atoms. The SMILES string of the molecule is CN(C(=O)c1cc(C2CCN(C(=O)c3nc4ccccc4s3)CC2)[nH]n1)c1ccccc1. The minimum Gasteiger partial charge on any atom is -0.337 e. The number of amides is 2. The number of H-pyrrole nitrogens is 1. The van der Waals surface area contributed by atoms with Gasteiger partial charge in [0.25, 0.3) is 11.8 Å². The minimum atomic E-state index is -0.151. The van der Waals surface area contributed by atoms with Crippen molar-refractivity contribution in [2.75, 3.05) is 25.0 Å². The van der Waals surface area contributed by atoms with E-state index in [1.165, 1.54) is 11.3 Å². The van der Waals surface area contributed by atoms with Crippen molar-refractivity contribution in [1.29, 1.82) is 0 Å². The number of benzene rings is 2. The maximum Gasteiger partial charge on any atom is 0.282 e. The summed E-state index contributed by atoms with van der Waals surface area (Å²) in [6.45, 7) is 1.32. The fourth-order valence-electron chi connectivity index (χ4n) is 4.09. The summed E-state index contributed by atoms with van der Waals surface area (Å²) < 4.78 is 1.03. The number of anilines is 1. The molecule has 1 aliphatic heterocycles. The molecule has 0 radical (unpaired) electrons. The number of aromatic nitrogens is 3. The lowest BCUT2D eigenvalue weighted by molar-refractivity contribution is 0.0712. The van der Waals surface area contributed by atoms with Crippen molar-refractivity contribution in [3.05, 3.63) is 77.1 Å². The first-order valence-electron chi connectivity index (χ1n) is 10.6. The number of nitrogens with zero attached hydrogens (tertiary/aromatic N) is 4. The third kappa shape index (κ3) is 3.89. The molecule has 5 rings (SSSR count). The van der Waals surface area contributed by atoms with Crippen molar-refractivity contribution in [3.8, 4) is 0 Å². The Kier molecular flexibility index (Phi) is 5.45. The molecule has 0 saturated carbocycles. The number of piperidine rings is 1. The monoisotopic (exact) mass is 445 g/mol. The molecular formula is C24H23N5O2S. The van der Waals surface area contributed by atoms with Gasteiger partial charge in [0.1, 0.15) is 0 Å². The normalized spacial score (nSPS) is 14.6. The van der Waals surface area contributed by atoms with Gasteiger partial charge < -0.3 is 9.80 Å². The summed E-state index contributed by atoms with van der Waals surface area (Å²) in [5.41, 5.74) is 3.04. The number of para-hydroxylation sites is 2. The van der Waals surface area contributed by atoms with Gasteiger partial charge in [-0.2, -0.15) is 5.10 Å². The predicted molar refractivity (Wildman–Crippen MR) is 125 cm³/mol. The van der Waals surface area contributed by atoms with Crippen LogP contribution >= 0.6 is 11.3 Å². The highest BCUT2D eigenvalue weighted by Crippen LogP contribution is 2.29. The van der Waals surface area contributed by atoms with E-state index in [4.69, 9.17) is 0 Å². The average Bonchev–Trinajstić information content (AvgIpc) is 3.51. The molecule has 4 aromatic rings. The highest BCUT2D eigenvalue weighted by atomic mass is 32.1. The lowest BCUT2D eigenvalue weighted by Gasteiger charge is -2.30. The molecule has 3 heterocycles. The minimum absolute atomic E-state index is 0.00499. The van der Waals surface area contributed by atoms with Crippen LogP contribution in [-0.4, -0.2) is 52.0 Å². The van der Waals surface area contributed by atoms with Crippen LogP contribution in [0.3, 0.4) is 0 Å². The van der Waals surface area contributed by atoms with Crippen molar-refractivity contribution >= 4 is 39.1 Å². The maximum absolute atomic E-state index is 12.9. The summed E-state index contributed by atoms with van der Waals surface area (Å²) in [4.78, 5) is 33.7. The van der Waals surface area contributed by atoms with Gasteiger partial charge in [-0.25, -0.2) is 4.98 Å². The fraction of sp³-hybridized carbons (Fsp3) is 0.250. The number of carbonyl (C=O) groups is 2. The smallest absolute Gasteiger partial charge is 0.282 e. The largest absolute Gasteiger partial charge is 0.337 e. The van der Waals surface area contributed by atoms with Crippen molar-refractivity contribution in [2.45, 2.75) is 18.8 Å². The second-order valence-electron chi connectivity index (χ2n) is 7.96.